The first-order valence-electron chi connectivity index (χ1n) is 2.61. The van der Waals surface area contributed by atoms with Crippen LogP contribution in [0.25, 0.3) is 0 Å². The quantitative estimate of drug-likeness (QED) is 0.481. The Labute approximate surface area is 63.7 Å². The second-order valence-corrected chi connectivity index (χ2v) is 2.65. The van der Waals surface area contributed by atoms with Crippen LogP contribution in [0.4, 0.5) is 4.79 Å². The molecule has 5 heteroatoms. The number of thioether (sulfide) groups is 1. The van der Waals surface area contributed by atoms with Crippen LogP contribution in [0.3, 0.4) is 0 Å². The lowest BCUT2D eigenvalue weighted by molar-refractivity contribution is 0.135. The second-order valence-electron chi connectivity index (χ2n) is 1.75. The normalized spacial score (nSPS) is 9.00. The average molecular weight is 161 g/mol. The first-order chi connectivity index (χ1) is 4.57. The summed E-state index contributed by atoms with van der Waals surface area (Å²) in [6.07, 6.45) is 0.477. The van der Waals surface area contributed by atoms with Crippen LogP contribution in [0.15, 0.2) is 0 Å². The summed E-state index contributed by atoms with van der Waals surface area (Å²) < 4.78 is 0. The number of amides is 1. The van der Waals surface area contributed by atoms with Gasteiger partial charge in [0.15, 0.2) is 0 Å². The molecule has 0 aromatic carbocycles. The Morgan fingerprint density at radius 2 is 2.20 bits per heavy atom. The third kappa shape index (κ3) is 3.34. The number of carbonyl (C=O) groups excluding carboxylic acids is 1. The van der Waals surface area contributed by atoms with Crippen molar-refractivity contribution < 1.29 is 9.90 Å². The van der Waals surface area contributed by atoms with Crippen LogP contribution in [0.1, 0.15) is 0 Å². The van der Waals surface area contributed by atoms with Crippen LogP contribution in [0.2, 0.25) is 0 Å². The van der Waals surface area contributed by atoms with Crippen molar-refractivity contribution >= 4 is 22.9 Å². The molecule has 0 heterocycles. The van der Waals surface area contributed by atoms with Gasteiger partial charge in [0.25, 0.3) is 0 Å². The van der Waals surface area contributed by atoms with Gasteiger partial charge < -0.3 is 4.90 Å². The molecular formula is C5H9N2O2S. The number of nitrogens with one attached hydrogen (secondary N) is 1. The largest absolute Gasteiger partial charge is 0.453 e. The minimum Gasteiger partial charge on any atom is -0.302 e. The molecule has 0 saturated heterocycles. The molecule has 0 rings (SSSR count). The molecule has 0 atom stereocenters. The van der Waals surface area contributed by atoms with Crippen molar-refractivity contribution in [1.82, 2.24) is 4.90 Å². The molecule has 0 bridgehead atoms. The van der Waals surface area contributed by atoms with E-state index in [1.807, 2.05) is 0 Å². The van der Waals surface area contributed by atoms with E-state index in [1.165, 1.54) is 18.8 Å². The molecule has 0 saturated carbocycles. The summed E-state index contributed by atoms with van der Waals surface area (Å²) in [4.78, 5) is 11.0. The fourth-order valence-corrected chi connectivity index (χ4v) is 0.667. The van der Waals surface area contributed by atoms with Crippen molar-refractivity contribution in [3.63, 3.8) is 0 Å². The highest BCUT2D eigenvalue weighted by atomic mass is 32.2. The van der Waals surface area contributed by atoms with Crippen molar-refractivity contribution in [2.45, 2.75) is 0 Å². The van der Waals surface area contributed by atoms with Gasteiger partial charge in [-0.3, -0.25) is 5.41 Å². The minimum atomic E-state index is -1.25. The van der Waals surface area contributed by atoms with E-state index in [4.69, 9.17) is 5.41 Å². The summed E-state index contributed by atoms with van der Waals surface area (Å²) in [6, 6.07) is 0. The highest BCUT2D eigenvalue weighted by molar-refractivity contribution is 8.13. The van der Waals surface area contributed by atoms with Gasteiger partial charge in [0.2, 0.25) is 0 Å². The van der Waals surface area contributed by atoms with Crippen molar-refractivity contribution in [2.75, 3.05) is 19.8 Å². The van der Waals surface area contributed by atoms with Gasteiger partial charge in [0.05, 0.1) is 11.6 Å². The molecule has 0 aliphatic heterocycles. The highest BCUT2D eigenvalue weighted by Gasteiger charge is 2.08. The lowest BCUT2D eigenvalue weighted by atomic mass is 10.6. The average Bonchev–Trinajstić information content (AvgIpc) is 1.87. The molecule has 0 aliphatic carbocycles. The molecule has 0 spiro atoms. The summed E-state index contributed by atoms with van der Waals surface area (Å²) in [5.74, 6) is 0. The van der Waals surface area contributed by atoms with Crippen molar-refractivity contribution in [3.05, 3.63) is 0 Å². The van der Waals surface area contributed by atoms with Crippen LogP contribution in [-0.4, -0.2) is 35.9 Å². The number of nitrogens with zero attached hydrogens (tertiary/aromatic N) is 1. The highest BCUT2D eigenvalue weighted by Crippen LogP contribution is 1.96. The second kappa shape index (κ2) is 4.16. The van der Waals surface area contributed by atoms with Crippen LogP contribution in [0, 0.1) is 5.41 Å². The van der Waals surface area contributed by atoms with Crippen LogP contribution in [0.5, 0.6) is 0 Å². The summed E-state index contributed by atoms with van der Waals surface area (Å²) in [6.45, 7) is 0.115. The smallest absolute Gasteiger partial charge is 0.302 e. The maximum Gasteiger partial charge on any atom is 0.453 e. The van der Waals surface area contributed by atoms with E-state index in [0.717, 1.165) is 4.90 Å². The van der Waals surface area contributed by atoms with E-state index < -0.39 is 6.09 Å². The molecule has 0 unspecified atom stereocenters. The molecule has 1 N–H and O–H groups in total. The predicted octanol–water partition coefficient (Wildman–Crippen LogP) is 0.809. The van der Waals surface area contributed by atoms with Gasteiger partial charge >= 0.3 is 6.09 Å². The zero-order chi connectivity index (χ0) is 8.15. The molecule has 0 fully saturated rings. The minimum absolute atomic E-state index is 0.115. The monoisotopic (exact) mass is 161 g/mol. The Morgan fingerprint density at radius 3 is 2.50 bits per heavy atom. The van der Waals surface area contributed by atoms with Crippen LogP contribution in [-0.2, 0) is 5.11 Å². The molecular weight excluding hydrogens is 152 g/mol. The van der Waals surface area contributed by atoms with E-state index in [2.05, 4.69) is 0 Å². The lowest BCUT2D eigenvalue weighted by Gasteiger charge is -2.09. The standard InChI is InChI=1S/C5H9N2O2S/c1-7(5(8)9)3-4(6)10-2/h6H,3H2,1-2H3. The summed E-state index contributed by atoms with van der Waals surface area (Å²) >= 11 is 1.22. The van der Waals surface area contributed by atoms with Gasteiger partial charge in [0.1, 0.15) is 0 Å². The molecule has 0 aromatic heterocycles. The molecule has 10 heavy (non-hydrogen) atoms. The summed E-state index contributed by atoms with van der Waals surface area (Å²) in [5.41, 5.74) is 0. The zero-order valence-corrected chi connectivity index (χ0v) is 6.70. The van der Waals surface area contributed by atoms with Gasteiger partial charge in [-0.05, 0) is 6.26 Å². The SMILES string of the molecule is CSC(=N)CN(C)C([O])=O. The topological polar surface area (TPSA) is 64.1 Å². The number of rotatable bonds is 2. The van der Waals surface area contributed by atoms with E-state index in [9.17, 15) is 9.90 Å². The van der Waals surface area contributed by atoms with E-state index in [1.54, 1.807) is 6.26 Å². The van der Waals surface area contributed by atoms with Gasteiger partial charge in [-0.2, -0.15) is 0 Å². The van der Waals surface area contributed by atoms with Crippen LogP contribution < -0.4 is 0 Å². The molecule has 1 amide bonds. The molecule has 0 aromatic rings. The lowest BCUT2D eigenvalue weighted by Crippen LogP contribution is -2.28. The third-order valence-corrected chi connectivity index (χ3v) is 1.56. The Hall–Kier alpha value is -0.710. The Kier molecular flexibility index (Phi) is 3.87. The van der Waals surface area contributed by atoms with Gasteiger partial charge in [-0.15, -0.1) is 11.8 Å². The van der Waals surface area contributed by atoms with Crippen molar-refractivity contribution in [2.24, 2.45) is 0 Å². The molecule has 4 nitrogen and oxygen atoms in total. The first kappa shape index (κ1) is 9.29. The van der Waals surface area contributed by atoms with Gasteiger partial charge in [-0.25, -0.2) is 9.90 Å². The fraction of sp³-hybridized carbons (Fsp3) is 0.600. The first-order valence-corrected chi connectivity index (χ1v) is 3.84. The maximum absolute atomic E-state index is 10.1. The molecule has 1 radical (unpaired) electrons. The van der Waals surface area contributed by atoms with E-state index in [-0.39, 0.29) is 6.54 Å². The Bertz CT molecular complexity index is 149. The van der Waals surface area contributed by atoms with E-state index in [0.29, 0.717) is 5.04 Å². The number of hydrogen-bond acceptors (Lipinski definition) is 3. The third-order valence-electron chi connectivity index (χ3n) is 0.939. The predicted molar refractivity (Wildman–Crippen MR) is 40.0 cm³/mol. The molecule has 0 aliphatic rings. The van der Waals surface area contributed by atoms with Crippen LogP contribution >= 0.6 is 11.8 Å². The maximum atomic E-state index is 10.1. The summed E-state index contributed by atoms with van der Waals surface area (Å²) in [7, 11) is 1.38. The number of hydrogen-bond donors (Lipinski definition) is 1. The van der Waals surface area contributed by atoms with Crippen molar-refractivity contribution in [3.8, 4) is 0 Å². The van der Waals surface area contributed by atoms with Gasteiger partial charge in [0, 0.05) is 7.05 Å². The van der Waals surface area contributed by atoms with E-state index >= 15 is 0 Å². The Balaban J connectivity index is 3.68. The fourth-order valence-electron chi connectivity index (χ4n) is 0.345. The number of carbonyl (C=O) groups is 1. The Morgan fingerprint density at radius 1 is 1.70 bits per heavy atom. The van der Waals surface area contributed by atoms with Crippen molar-refractivity contribution in [1.29, 1.82) is 5.41 Å². The molecule has 57 valence electrons. The zero-order valence-electron chi connectivity index (χ0n) is 5.88. The van der Waals surface area contributed by atoms with Gasteiger partial charge in [-0.1, -0.05) is 0 Å². The summed E-state index contributed by atoms with van der Waals surface area (Å²) in [5, 5.41) is 17.5.